The van der Waals surface area contributed by atoms with Crippen LogP contribution < -0.4 is 24.4 Å². The van der Waals surface area contributed by atoms with Gasteiger partial charge in [0.1, 0.15) is 28.0 Å². The molecule has 2 amide bonds. The molecule has 2 N–H and O–H groups in total. The zero-order chi connectivity index (χ0) is 32.4. The molecule has 0 spiro atoms. The molecule has 0 radical (unpaired) electrons. The zero-order valence-electron chi connectivity index (χ0n) is 22.6. The molecule has 0 saturated heterocycles. The maximum atomic E-state index is 13.6. The quantitative estimate of drug-likeness (QED) is 0.281. The van der Waals surface area contributed by atoms with Gasteiger partial charge in [0.25, 0.3) is 21.8 Å². The highest BCUT2D eigenvalue weighted by molar-refractivity contribution is 7.93. The maximum Gasteiger partial charge on any atom is 0.450 e. The third-order valence-electron chi connectivity index (χ3n) is 6.04. The van der Waals surface area contributed by atoms with E-state index in [4.69, 9.17) is 32.7 Å². The van der Waals surface area contributed by atoms with Crippen LogP contribution in [0.5, 0.6) is 11.5 Å². The molecule has 4 rings (SSSR count). The summed E-state index contributed by atoms with van der Waals surface area (Å²) in [6, 6.07) is 8.21. The molecule has 44 heavy (non-hydrogen) atoms. The summed E-state index contributed by atoms with van der Waals surface area (Å²) in [6.45, 7) is 3.72. The highest BCUT2D eigenvalue weighted by Gasteiger charge is 2.46. The summed E-state index contributed by atoms with van der Waals surface area (Å²) in [7, 11) is -4.94. The Hall–Kier alpha value is -3.95. The van der Waals surface area contributed by atoms with Crippen LogP contribution >= 0.6 is 23.2 Å². The number of hydrogen-bond acceptors (Lipinski definition) is 7. The van der Waals surface area contributed by atoms with Gasteiger partial charge in [0, 0.05) is 35.8 Å². The maximum absolute atomic E-state index is 13.6. The molecule has 0 saturated carbocycles. The molecule has 2 heterocycles. The van der Waals surface area contributed by atoms with E-state index in [1.54, 1.807) is 0 Å². The first-order valence-corrected chi connectivity index (χ1v) is 14.8. The molecule has 0 bridgehead atoms. The van der Waals surface area contributed by atoms with Gasteiger partial charge in [0.05, 0.1) is 17.3 Å². The van der Waals surface area contributed by atoms with E-state index in [9.17, 15) is 35.6 Å². The molecule has 3 aromatic rings. The summed E-state index contributed by atoms with van der Waals surface area (Å²) in [5.74, 6) is -4.17. The number of carbonyl (C=O) groups is 2. The summed E-state index contributed by atoms with van der Waals surface area (Å²) in [5.41, 5.74) is -0.0701. The summed E-state index contributed by atoms with van der Waals surface area (Å²) in [6.07, 6.45) is -6.60. The standard InChI is InChI=1S/C27H23Cl2F4N3O7S/c1-14(7-8-34-24(37)13-41-17-4-5-18(29)19(30)11-17)35-26(38)22-12-36(20-10-16(28)3-6-21(20)43-22)44(39,40)23-9-15(2)42-25(23)27(31,32)33/h3-6,9-11,22H,1,7-8,12-13H2,2H3,(H,34,37)(H,35,38). The van der Waals surface area contributed by atoms with Crippen molar-refractivity contribution in [3.63, 3.8) is 0 Å². The molecule has 0 fully saturated rings. The Balaban J connectivity index is 1.40. The van der Waals surface area contributed by atoms with Crippen LogP contribution in [-0.2, 0) is 25.8 Å². The molecule has 10 nitrogen and oxygen atoms in total. The number of nitrogens with one attached hydrogen (secondary N) is 2. The first kappa shape index (κ1) is 33.0. The van der Waals surface area contributed by atoms with Gasteiger partial charge in [-0.15, -0.1) is 0 Å². The van der Waals surface area contributed by atoms with Gasteiger partial charge in [-0.3, -0.25) is 13.9 Å². The molecule has 0 aliphatic carbocycles. The number of fused-ring (bicyclic) bond motifs is 1. The molecule has 1 unspecified atom stereocenters. The van der Waals surface area contributed by atoms with Crippen LogP contribution in [0.25, 0.3) is 0 Å². The van der Waals surface area contributed by atoms with Crippen molar-refractivity contribution in [1.82, 2.24) is 10.6 Å². The Morgan fingerprint density at radius 2 is 1.89 bits per heavy atom. The topological polar surface area (TPSA) is 127 Å². The highest BCUT2D eigenvalue weighted by Crippen LogP contribution is 2.42. The lowest BCUT2D eigenvalue weighted by atomic mass is 10.2. The molecule has 1 atom stereocenters. The second-order valence-corrected chi connectivity index (χ2v) is 12.0. The first-order valence-electron chi connectivity index (χ1n) is 12.6. The van der Waals surface area contributed by atoms with Gasteiger partial charge in [-0.25, -0.2) is 12.8 Å². The van der Waals surface area contributed by atoms with Crippen LogP contribution in [0.3, 0.4) is 0 Å². The van der Waals surface area contributed by atoms with E-state index >= 15 is 0 Å². The van der Waals surface area contributed by atoms with Crippen LogP contribution in [-0.4, -0.2) is 46.0 Å². The lowest BCUT2D eigenvalue weighted by Crippen LogP contribution is -2.50. The fourth-order valence-corrected chi connectivity index (χ4v) is 5.99. The van der Waals surface area contributed by atoms with Gasteiger partial charge < -0.3 is 24.5 Å². The van der Waals surface area contributed by atoms with Crippen molar-refractivity contribution >= 4 is 50.7 Å². The van der Waals surface area contributed by atoms with E-state index in [-0.39, 0.29) is 51.7 Å². The van der Waals surface area contributed by atoms with Crippen molar-refractivity contribution in [2.45, 2.75) is 30.5 Å². The molecule has 1 aromatic heterocycles. The van der Waals surface area contributed by atoms with Crippen LogP contribution in [0.1, 0.15) is 17.9 Å². The number of anilines is 1. The van der Waals surface area contributed by atoms with Gasteiger partial charge >= 0.3 is 6.18 Å². The normalized spacial score (nSPS) is 14.8. The summed E-state index contributed by atoms with van der Waals surface area (Å²) >= 11 is 11.6. The third-order valence-corrected chi connectivity index (χ3v) is 8.37. The molecule has 1 aliphatic heterocycles. The molecule has 2 aromatic carbocycles. The van der Waals surface area contributed by atoms with Gasteiger partial charge in [-0.1, -0.05) is 29.8 Å². The van der Waals surface area contributed by atoms with Crippen molar-refractivity contribution in [1.29, 1.82) is 0 Å². The van der Waals surface area contributed by atoms with Crippen molar-refractivity contribution < 1.29 is 49.5 Å². The fourth-order valence-electron chi connectivity index (χ4n) is 4.02. The Bertz CT molecular complexity index is 1710. The SMILES string of the molecule is C=C(CCNC(=O)COc1ccc(Cl)c(F)c1)NC(=O)C1CN(S(=O)(=O)c2cc(C)oc2C(F)(F)F)c2cc(Cl)ccc2O1. The highest BCUT2D eigenvalue weighted by atomic mass is 35.5. The number of amides is 2. The fraction of sp³-hybridized carbons (Fsp3) is 0.259. The number of rotatable bonds is 10. The smallest absolute Gasteiger partial charge is 0.450 e. The van der Waals surface area contributed by atoms with Crippen LogP contribution in [0.4, 0.5) is 23.2 Å². The second-order valence-electron chi connectivity index (χ2n) is 9.36. The number of alkyl halides is 3. The number of carbonyl (C=O) groups excluding carboxylic acids is 2. The van der Waals surface area contributed by atoms with Crippen molar-refractivity contribution in [3.8, 4) is 11.5 Å². The van der Waals surface area contributed by atoms with Crippen LogP contribution in [0.15, 0.2) is 64.1 Å². The first-order chi connectivity index (χ1) is 20.6. The number of furan rings is 1. The average molecular weight is 680 g/mol. The molecule has 17 heteroatoms. The van der Waals surface area contributed by atoms with Crippen LogP contribution in [0.2, 0.25) is 10.0 Å². The van der Waals surface area contributed by atoms with Gasteiger partial charge in [0.2, 0.25) is 5.76 Å². The molecular weight excluding hydrogens is 657 g/mol. The average Bonchev–Trinajstić information content (AvgIpc) is 3.36. The summed E-state index contributed by atoms with van der Waals surface area (Å²) in [5, 5.41) is 4.92. The Morgan fingerprint density at radius 3 is 2.57 bits per heavy atom. The minimum absolute atomic E-state index is 0.00368. The Kier molecular flexibility index (Phi) is 9.71. The van der Waals surface area contributed by atoms with Gasteiger partial charge in [0.15, 0.2) is 12.7 Å². The summed E-state index contributed by atoms with van der Waals surface area (Å²) < 4.78 is 97.6. The Labute approximate surface area is 258 Å². The number of aryl methyl sites for hydroxylation is 1. The predicted octanol–water partition coefficient (Wildman–Crippen LogP) is 5.22. The number of hydrogen-bond donors (Lipinski definition) is 2. The van der Waals surface area contributed by atoms with E-state index in [1.165, 1.54) is 30.3 Å². The number of halogens is 6. The number of ether oxygens (including phenoxy) is 2. The minimum Gasteiger partial charge on any atom is -0.484 e. The third kappa shape index (κ3) is 7.57. The minimum atomic E-state index is -5.12. The number of nitrogens with zero attached hydrogens (tertiary/aromatic N) is 1. The number of sulfonamides is 1. The van der Waals surface area contributed by atoms with E-state index in [0.717, 1.165) is 19.1 Å². The van der Waals surface area contributed by atoms with Gasteiger partial charge in [-0.05, 0) is 37.3 Å². The monoisotopic (exact) mass is 679 g/mol. The van der Waals surface area contributed by atoms with Crippen molar-refractivity contribution in [2.24, 2.45) is 0 Å². The number of benzene rings is 2. The molecular formula is C27H23Cl2F4N3O7S. The van der Waals surface area contributed by atoms with Crippen molar-refractivity contribution in [2.75, 3.05) is 24.0 Å². The van der Waals surface area contributed by atoms with Gasteiger partial charge in [-0.2, -0.15) is 13.2 Å². The van der Waals surface area contributed by atoms with Crippen LogP contribution in [0, 0.1) is 12.7 Å². The molecule has 1 aliphatic rings. The van der Waals surface area contributed by atoms with E-state index in [1.807, 2.05) is 0 Å². The van der Waals surface area contributed by atoms with E-state index in [0.29, 0.717) is 4.31 Å². The van der Waals surface area contributed by atoms with E-state index in [2.05, 4.69) is 21.6 Å². The zero-order valence-corrected chi connectivity index (χ0v) is 25.0. The predicted molar refractivity (Wildman–Crippen MR) is 151 cm³/mol. The van der Waals surface area contributed by atoms with Crippen molar-refractivity contribution in [3.05, 3.63) is 82.1 Å². The summed E-state index contributed by atoms with van der Waals surface area (Å²) in [4.78, 5) is 24.0. The largest absolute Gasteiger partial charge is 0.484 e. The lowest BCUT2D eigenvalue weighted by molar-refractivity contribution is -0.155. The lowest BCUT2D eigenvalue weighted by Gasteiger charge is -2.34. The second kappa shape index (κ2) is 13.0. The Morgan fingerprint density at radius 1 is 1.16 bits per heavy atom. The van der Waals surface area contributed by atoms with E-state index < -0.39 is 63.7 Å². The molecule has 236 valence electrons.